The van der Waals surface area contributed by atoms with Crippen molar-refractivity contribution in [2.24, 2.45) is 5.90 Å². The number of para-hydroxylation sites is 1. The highest BCUT2D eigenvalue weighted by Gasteiger charge is 1.96. The Bertz CT molecular complexity index is 239. The summed E-state index contributed by atoms with van der Waals surface area (Å²) < 4.78 is 19.3. The summed E-state index contributed by atoms with van der Waals surface area (Å²) in [5.41, 5.74) is 0. The molecular weight excluding hydrogens is 165 g/mol. The minimum absolute atomic E-state index is 0.488. The molecule has 0 heterocycles. The summed E-state index contributed by atoms with van der Waals surface area (Å²) in [5, 5.41) is 0. The molecule has 1 aromatic carbocycles. The molecule has 0 amide bonds. The Morgan fingerprint density at radius 2 is 1.91 bits per heavy atom. The van der Waals surface area contributed by atoms with Gasteiger partial charge >= 0.3 is 8.25 Å². The lowest BCUT2D eigenvalue weighted by Gasteiger charge is -2.01. The minimum Gasteiger partial charge on any atom is -0.425 e. The number of rotatable bonds is 3. The fourth-order valence-corrected chi connectivity index (χ4v) is 0.985. The summed E-state index contributed by atoms with van der Waals surface area (Å²) in [5.74, 6) is 5.12. The van der Waals surface area contributed by atoms with Crippen LogP contribution in [0.5, 0.6) is 5.75 Å². The Kier molecular flexibility index (Phi) is 3.11. The standard InChI is InChI=1S/C6H8NO3P/c7-10-11(8)9-6-4-2-1-3-5-6/h1-5,11H,7H2. The Hall–Kier alpha value is -0.830. The molecule has 0 fully saturated rings. The zero-order valence-electron chi connectivity index (χ0n) is 5.69. The normalized spacial score (nSPS) is 12.5. The molecule has 0 aromatic heterocycles. The molecule has 0 spiro atoms. The molecule has 11 heavy (non-hydrogen) atoms. The van der Waals surface area contributed by atoms with Crippen LogP contribution in [0.1, 0.15) is 0 Å². The summed E-state index contributed by atoms with van der Waals surface area (Å²) in [6, 6.07) is 8.69. The van der Waals surface area contributed by atoms with Gasteiger partial charge in [-0.25, -0.2) is 15.1 Å². The Balaban J connectivity index is 2.58. The van der Waals surface area contributed by atoms with Gasteiger partial charge in [0.2, 0.25) is 0 Å². The molecule has 0 saturated carbocycles. The van der Waals surface area contributed by atoms with Gasteiger partial charge in [-0.1, -0.05) is 18.2 Å². The summed E-state index contributed by atoms with van der Waals surface area (Å²) in [4.78, 5) is 0. The molecule has 0 saturated heterocycles. The average molecular weight is 173 g/mol. The van der Waals surface area contributed by atoms with Gasteiger partial charge in [-0.15, -0.1) is 0 Å². The zero-order chi connectivity index (χ0) is 8.10. The molecule has 2 N–H and O–H groups in total. The molecule has 1 atom stereocenters. The molecule has 0 aliphatic heterocycles. The summed E-state index contributed by atoms with van der Waals surface area (Å²) in [7, 11) is -2.55. The SMILES string of the molecule is NO[PH](=O)Oc1ccccc1. The molecule has 1 aromatic rings. The first-order chi connectivity index (χ1) is 5.33. The number of benzene rings is 1. The lowest BCUT2D eigenvalue weighted by molar-refractivity contribution is 0.297. The molecule has 1 rings (SSSR count). The predicted octanol–water partition coefficient (Wildman–Crippen LogP) is 1.35. The van der Waals surface area contributed by atoms with Crippen molar-refractivity contribution in [3.05, 3.63) is 30.3 Å². The van der Waals surface area contributed by atoms with Crippen LogP contribution in [0.15, 0.2) is 30.3 Å². The Morgan fingerprint density at radius 3 is 2.45 bits per heavy atom. The van der Waals surface area contributed by atoms with Crippen LogP contribution in [-0.4, -0.2) is 0 Å². The Morgan fingerprint density at radius 1 is 1.27 bits per heavy atom. The minimum atomic E-state index is -2.55. The number of hydrogen-bond acceptors (Lipinski definition) is 4. The monoisotopic (exact) mass is 173 g/mol. The second-order valence-electron chi connectivity index (χ2n) is 1.78. The lowest BCUT2D eigenvalue weighted by atomic mass is 10.3. The van der Waals surface area contributed by atoms with Crippen molar-refractivity contribution in [3.8, 4) is 5.75 Å². The second kappa shape index (κ2) is 4.13. The van der Waals surface area contributed by atoms with Crippen molar-refractivity contribution < 1.29 is 13.7 Å². The molecule has 5 heteroatoms. The van der Waals surface area contributed by atoms with Crippen molar-refractivity contribution in [2.75, 3.05) is 0 Å². The predicted molar refractivity (Wildman–Crippen MR) is 41.3 cm³/mol. The molecule has 60 valence electrons. The van der Waals surface area contributed by atoms with E-state index >= 15 is 0 Å². The zero-order valence-corrected chi connectivity index (χ0v) is 6.69. The summed E-state index contributed by atoms with van der Waals surface area (Å²) >= 11 is 0. The van der Waals surface area contributed by atoms with E-state index in [0.717, 1.165) is 0 Å². The van der Waals surface area contributed by atoms with Crippen molar-refractivity contribution in [3.63, 3.8) is 0 Å². The van der Waals surface area contributed by atoms with Gasteiger partial charge < -0.3 is 4.52 Å². The first-order valence-electron chi connectivity index (χ1n) is 2.96. The number of nitrogens with two attached hydrogens (primary N) is 1. The molecular formula is C6H8NO3P. The van der Waals surface area contributed by atoms with Gasteiger partial charge in [0.25, 0.3) is 0 Å². The molecule has 0 aliphatic carbocycles. The van der Waals surface area contributed by atoms with Crippen molar-refractivity contribution in [2.45, 2.75) is 0 Å². The van der Waals surface area contributed by atoms with Gasteiger partial charge in [-0.2, -0.15) is 0 Å². The van der Waals surface area contributed by atoms with E-state index in [-0.39, 0.29) is 0 Å². The van der Waals surface area contributed by atoms with Gasteiger partial charge in [0, 0.05) is 0 Å². The average Bonchev–Trinajstić information content (AvgIpc) is 2.06. The van der Waals surface area contributed by atoms with Crippen LogP contribution in [0.25, 0.3) is 0 Å². The van der Waals surface area contributed by atoms with E-state index in [1.807, 2.05) is 6.07 Å². The van der Waals surface area contributed by atoms with E-state index in [1.165, 1.54) is 0 Å². The van der Waals surface area contributed by atoms with Gasteiger partial charge in [0.05, 0.1) is 0 Å². The first kappa shape index (κ1) is 8.27. The van der Waals surface area contributed by atoms with Gasteiger partial charge in [-0.05, 0) is 12.1 Å². The van der Waals surface area contributed by atoms with Gasteiger partial charge in [-0.3, -0.25) is 0 Å². The van der Waals surface area contributed by atoms with Crippen molar-refractivity contribution >= 4 is 8.25 Å². The highest BCUT2D eigenvalue weighted by atomic mass is 31.1. The third-order valence-electron chi connectivity index (χ3n) is 1.04. The van der Waals surface area contributed by atoms with Crippen LogP contribution in [0.2, 0.25) is 0 Å². The largest absolute Gasteiger partial charge is 0.425 e. The van der Waals surface area contributed by atoms with Gasteiger partial charge in [0.15, 0.2) is 0 Å². The van der Waals surface area contributed by atoms with Crippen LogP contribution in [0.3, 0.4) is 0 Å². The molecule has 0 aliphatic rings. The van der Waals surface area contributed by atoms with E-state index in [2.05, 4.69) is 10.5 Å². The van der Waals surface area contributed by atoms with E-state index in [0.29, 0.717) is 5.75 Å². The summed E-state index contributed by atoms with van der Waals surface area (Å²) in [6.07, 6.45) is 0. The molecule has 0 radical (unpaired) electrons. The maximum Gasteiger partial charge on any atom is 0.383 e. The topological polar surface area (TPSA) is 61.5 Å². The third-order valence-corrected chi connectivity index (χ3v) is 1.64. The van der Waals surface area contributed by atoms with Crippen LogP contribution in [-0.2, 0) is 9.19 Å². The molecule has 4 nitrogen and oxygen atoms in total. The quantitative estimate of drug-likeness (QED) is 0.553. The first-order valence-corrected chi connectivity index (χ1v) is 4.19. The highest BCUT2D eigenvalue weighted by Crippen LogP contribution is 2.24. The second-order valence-corrected chi connectivity index (χ2v) is 2.72. The van der Waals surface area contributed by atoms with E-state index < -0.39 is 8.25 Å². The summed E-state index contributed by atoms with van der Waals surface area (Å²) in [6.45, 7) is 0. The van der Waals surface area contributed by atoms with Gasteiger partial charge in [0.1, 0.15) is 5.75 Å². The van der Waals surface area contributed by atoms with Crippen LogP contribution in [0, 0.1) is 0 Å². The maximum absolute atomic E-state index is 10.6. The molecule has 1 unspecified atom stereocenters. The smallest absolute Gasteiger partial charge is 0.383 e. The van der Waals surface area contributed by atoms with E-state index in [9.17, 15) is 4.57 Å². The van der Waals surface area contributed by atoms with Crippen LogP contribution in [0.4, 0.5) is 0 Å². The van der Waals surface area contributed by atoms with Crippen molar-refractivity contribution in [1.82, 2.24) is 0 Å². The molecule has 0 bridgehead atoms. The fourth-order valence-electron chi connectivity index (χ4n) is 0.609. The number of hydrogen-bond donors (Lipinski definition) is 1. The Labute approximate surface area is 64.8 Å². The third kappa shape index (κ3) is 2.72. The van der Waals surface area contributed by atoms with E-state index in [4.69, 9.17) is 4.52 Å². The highest BCUT2D eigenvalue weighted by molar-refractivity contribution is 7.33. The maximum atomic E-state index is 10.6. The van der Waals surface area contributed by atoms with Crippen LogP contribution >= 0.6 is 8.25 Å². The lowest BCUT2D eigenvalue weighted by Crippen LogP contribution is -1.91. The van der Waals surface area contributed by atoms with E-state index in [1.54, 1.807) is 24.3 Å². The van der Waals surface area contributed by atoms with Crippen LogP contribution < -0.4 is 10.4 Å². The fraction of sp³-hybridized carbons (Fsp3) is 0. The van der Waals surface area contributed by atoms with Crippen molar-refractivity contribution in [1.29, 1.82) is 0 Å².